The van der Waals surface area contributed by atoms with E-state index >= 15 is 0 Å². The van der Waals surface area contributed by atoms with Gasteiger partial charge in [0, 0.05) is 81.9 Å². The summed E-state index contributed by atoms with van der Waals surface area (Å²) in [4.78, 5) is 19.4. The van der Waals surface area contributed by atoms with Crippen molar-refractivity contribution in [1.29, 1.82) is 0 Å². The van der Waals surface area contributed by atoms with Crippen molar-refractivity contribution in [3.05, 3.63) is 36.0 Å². The highest BCUT2D eigenvalue weighted by Crippen LogP contribution is 2.28. The van der Waals surface area contributed by atoms with Crippen LogP contribution in [-0.4, -0.2) is 98.9 Å². The van der Waals surface area contributed by atoms with Crippen LogP contribution in [0.2, 0.25) is 0 Å². The van der Waals surface area contributed by atoms with Crippen molar-refractivity contribution in [3.8, 4) is 11.4 Å². The van der Waals surface area contributed by atoms with Crippen LogP contribution in [0.1, 0.15) is 5.56 Å². The van der Waals surface area contributed by atoms with E-state index in [4.69, 9.17) is 9.72 Å². The largest absolute Gasteiger partial charge is 0.379 e. The third-order valence-corrected chi connectivity index (χ3v) is 6.58. The van der Waals surface area contributed by atoms with Gasteiger partial charge in [0.15, 0.2) is 5.82 Å². The van der Waals surface area contributed by atoms with Crippen molar-refractivity contribution >= 4 is 11.5 Å². The molecule has 0 bridgehead atoms. The molecule has 0 N–H and O–H groups in total. The number of morpholine rings is 1. The van der Waals surface area contributed by atoms with Gasteiger partial charge in [-0.2, -0.15) is 0 Å². The summed E-state index contributed by atoms with van der Waals surface area (Å²) < 4.78 is 5.46. The highest BCUT2D eigenvalue weighted by Gasteiger charge is 2.23. The van der Waals surface area contributed by atoms with Crippen LogP contribution in [0.3, 0.4) is 0 Å². The molecular weight excluding hydrogens is 376 g/mol. The van der Waals surface area contributed by atoms with Crippen molar-refractivity contribution in [2.75, 3.05) is 89.0 Å². The van der Waals surface area contributed by atoms with Crippen LogP contribution in [0, 0.1) is 0 Å². The average molecular weight is 409 g/mol. The SMILES string of the molecule is CN1CCN(c2ccc(-c3ncc4c(n3)N(CCN3CCOCC3)CC4)cc2)CC1. The highest BCUT2D eigenvalue weighted by molar-refractivity contribution is 5.63. The van der Waals surface area contributed by atoms with Crippen LogP contribution in [-0.2, 0) is 11.2 Å². The van der Waals surface area contributed by atoms with Gasteiger partial charge in [-0.05, 0) is 37.7 Å². The lowest BCUT2D eigenvalue weighted by Crippen LogP contribution is -2.44. The summed E-state index contributed by atoms with van der Waals surface area (Å²) >= 11 is 0. The van der Waals surface area contributed by atoms with Gasteiger partial charge in [0.2, 0.25) is 0 Å². The molecule has 4 heterocycles. The zero-order valence-corrected chi connectivity index (χ0v) is 18.0. The fourth-order valence-electron chi connectivity index (χ4n) is 4.54. The summed E-state index contributed by atoms with van der Waals surface area (Å²) in [7, 11) is 2.19. The first-order valence-corrected chi connectivity index (χ1v) is 11.2. The first kappa shape index (κ1) is 19.7. The molecule has 0 atom stereocenters. The molecule has 3 aliphatic rings. The van der Waals surface area contributed by atoms with E-state index in [-0.39, 0.29) is 0 Å². The standard InChI is InChI=1S/C23H32N6O/c1-26-8-11-28(12-9-26)21-4-2-19(3-5-21)22-24-18-20-6-7-29(23(20)25-22)13-10-27-14-16-30-17-15-27/h2-5,18H,6-17H2,1H3. The number of anilines is 2. The van der Waals surface area contributed by atoms with Gasteiger partial charge in [-0.25, -0.2) is 9.97 Å². The Morgan fingerprint density at radius 1 is 0.900 bits per heavy atom. The van der Waals surface area contributed by atoms with Crippen molar-refractivity contribution < 1.29 is 4.74 Å². The molecule has 2 aromatic rings. The molecule has 7 heteroatoms. The molecule has 1 aromatic carbocycles. The van der Waals surface area contributed by atoms with E-state index < -0.39 is 0 Å². The van der Waals surface area contributed by atoms with Gasteiger partial charge < -0.3 is 19.4 Å². The molecular formula is C23H32N6O. The molecule has 0 amide bonds. The molecule has 0 unspecified atom stereocenters. The molecule has 0 saturated carbocycles. The lowest BCUT2D eigenvalue weighted by Gasteiger charge is -2.34. The van der Waals surface area contributed by atoms with E-state index in [1.807, 2.05) is 6.20 Å². The summed E-state index contributed by atoms with van der Waals surface area (Å²) in [6.45, 7) is 11.3. The third-order valence-electron chi connectivity index (χ3n) is 6.58. The van der Waals surface area contributed by atoms with Gasteiger partial charge in [0.25, 0.3) is 0 Å². The highest BCUT2D eigenvalue weighted by atomic mass is 16.5. The Kier molecular flexibility index (Phi) is 5.84. The third kappa shape index (κ3) is 4.29. The number of benzene rings is 1. The molecule has 1 aromatic heterocycles. The Bertz CT molecular complexity index is 843. The predicted octanol–water partition coefficient (Wildman–Crippen LogP) is 1.59. The van der Waals surface area contributed by atoms with E-state index in [0.717, 1.165) is 95.7 Å². The van der Waals surface area contributed by atoms with E-state index in [1.165, 1.54) is 11.3 Å². The zero-order valence-electron chi connectivity index (χ0n) is 18.0. The smallest absolute Gasteiger partial charge is 0.161 e. The summed E-state index contributed by atoms with van der Waals surface area (Å²) in [5.74, 6) is 1.95. The van der Waals surface area contributed by atoms with Gasteiger partial charge in [0.1, 0.15) is 5.82 Å². The van der Waals surface area contributed by atoms with Crippen LogP contribution < -0.4 is 9.80 Å². The number of hydrogen-bond donors (Lipinski definition) is 0. The number of fused-ring (bicyclic) bond motifs is 1. The Balaban J connectivity index is 1.27. The number of ether oxygens (including phenoxy) is 1. The topological polar surface area (TPSA) is 48.0 Å². The number of nitrogens with zero attached hydrogens (tertiary/aromatic N) is 6. The zero-order chi connectivity index (χ0) is 20.3. The molecule has 7 nitrogen and oxygen atoms in total. The van der Waals surface area contributed by atoms with E-state index in [1.54, 1.807) is 0 Å². The Morgan fingerprint density at radius 2 is 1.67 bits per heavy atom. The Labute approximate surface area is 179 Å². The normalized spacial score (nSPS) is 20.6. The maximum Gasteiger partial charge on any atom is 0.161 e. The van der Waals surface area contributed by atoms with E-state index in [2.05, 4.69) is 55.9 Å². The van der Waals surface area contributed by atoms with Crippen molar-refractivity contribution in [1.82, 2.24) is 19.8 Å². The maximum atomic E-state index is 5.46. The van der Waals surface area contributed by atoms with Gasteiger partial charge in [-0.3, -0.25) is 4.90 Å². The predicted molar refractivity (Wildman–Crippen MR) is 120 cm³/mol. The molecule has 0 aliphatic carbocycles. The number of aromatic nitrogens is 2. The summed E-state index contributed by atoms with van der Waals surface area (Å²) in [5.41, 5.74) is 3.66. The van der Waals surface area contributed by atoms with Crippen LogP contribution in [0.5, 0.6) is 0 Å². The second kappa shape index (κ2) is 8.88. The van der Waals surface area contributed by atoms with E-state index in [9.17, 15) is 0 Å². The lowest BCUT2D eigenvalue weighted by atomic mass is 10.1. The van der Waals surface area contributed by atoms with Gasteiger partial charge >= 0.3 is 0 Å². The molecule has 5 rings (SSSR count). The molecule has 3 aliphatic heterocycles. The van der Waals surface area contributed by atoms with Crippen LogP contribution >= 0.6 is 0 Å². The second-order valence-corrected chi connectivity index (χ2v) is 8.57. The fraction of sp³-hybridized carbons (Fsp3) is 0.565. The second-order valence-electron chi connectivity index (χ2n) is 8.57. The number of piperazine rings is 1. The van der Waals surface area contributed by atoms with Crippen LogP contribution in [0.25, 0.3) is 11.4 Å². The number of rotatable bonds is 5. The maximum absolute atomic E-state index is 5.46. The fourth-order valence-corrected chi connectivity index (χ4v) is 4.54. The minimum Gasteiger partial charge on any atom is -0.379 e. The first-order valence-electron chi connectivity index (χ1n) is 11.2. The number of likely N-dealkylation sites (N-methyl/N-ethyl adjacent to an activating group) is 1. The minimum absolute atomic E-state index is 0.831. The van der Waals surface area contributed by atoms with Gasteiger partial charge in [-0.1, -0.05) is 0 Å². The van der Waals surface area contributed by atoms with Crippen molar-refractivity contribution in [3.63, 3.8) is 0 Å². The lowest BCUT2D eigenvalue weighted by molar-refractivity contribution is 0.0392. The van der Waals surface area contributed by atoms with Crippen molar-refractivity contribution in [2.24, 2.45) is 0 Å². The molecule has 0 radical (unpaired) electrons. The molecule has 0 spiro atoms. The molecule has 160 valence electrons. The van der Waals surface area contributed by atoms with Gasteiger partial charge in [-0.15, -0.1) is 0 Å². The van der Waals surface area contributed by atoms with E-state index in [0.29, 0.717) is 0 Å². The summed E-state index contributed by atoms with van der Waals surface area (Å²) in [6.07, 6.45) is 3.07. The molecule has 2 saturated heterocycles. The summed E-state index contributed by atoms with van der Waals surface area (Å²) in [6, 6.07) is 8.77. The monoisotopic (exact) mass is 408 g/mol. The quantitative estimate of drug-likeness (QED) is 0.745. The van der Waals surface area contributed by atoms with Crippen LogP contribution in [0.4, 0.5) is 11.5 Å². The average Bonchev–Trinajstić information content (AvgIpc) is 3.21. The Hall–Kier alpha value is -2.22. The number of hydrogen-bond acceptors (Lipinski definition) is 7. The van der Waals surface area contributed by atoms with Crippen molar-refractivity contribution in [2.45, 2.75) is 6.42 Å². The van der Waals surface area contributed by atoms with Crippen LogP contribution in [0.15, 0.2) is 30.5 Å². The molecule has 30 heavy (non-hydrogen) atoms. The Morgan fingerprint density at radius 3 is 2.43 bits per heavy atom. The first-order chi connectivity index (χ1) is 14.8. The minimum atomic E-state index is 0.831. The van der Waals surface area contributed by atoms with Gasteiger partial charge in [0.05, 0.1) is 13.2 Å². The molecule has 2 fully saturated rings. The summed E-state index contributed by atoms with van der Waals surface area (Å²) in [5, 5.41) is 0.